The van der Waals surface area contributed by atoms with Crippen LogP contribution in [0.25, 0.3) is 0 Å². The Bertz CT molecular complexity index is 1060. The topological polar surface area (TPSA) is 49.4 Å². The van der Waals surface area contributed by atoms with Crippen LogP contribution in [0.1, 0.15) is 37.3 Å². The van der Waals surface area contributed by atoms with E-state index in [4.69, 9.17) is 11.6 Å². The molecule has 0 fully saturated rings. The molecule has 0 saturated heterocycles. The second-order valence-corrected chi connectivity index (χ2v) is 10.0. The maximum absolute atomic E-state index is 13.6. The second-order valence-electron chi connectivity index (χ2n) is 8.41. The van der Waals surface area contributed by atoms with Gasteiger partial charge in [0.2, 0.25) is 11.8 Å². The number of nitrogens with zero attached hydrogens (tertiary/aromatic N) is 1. The summed E-state index contributed by atoms with van der Waals surface area (Å²) in [6.45, 7) is 3.02. The Hall–Kier alpha value is -2.76. The van der Waals surface area contributed by atoms with Crippen molar-refractivity contribution in [3.8, 4) is 0 Å². The molecule has 184 valence electrons. The summed E-state index contributed by atoms with van der Waals surface area (Å²) in [6.07, 6.45) is 2.69. The number of hydrogen-bond acceptors (Lipinski definition) is 3. The molecule has 1 atom stereocenters. The third-order valence-electron chi connectivity index (χ3n) is 5.67. The van der Waals surface area contributed by atoms with Crippen molar-refractivity contribution in [1.82, 2.24) is 10.2 Å². The molecule has 0 radical (unpaired) electrons. The Morgan fingerprint density at radius 3 is 2.31 bits per heavy atom. The van der Waals surface area contributed by atoms with Crippen LogP contribution in [0, 0.1) is 0 Å². The van der Waals surface area contributed by atoms with E-state index in [1.807, 2.05) is 84.9 Å². The van der Waals surface area contributed by atoms with E-state index in [9.17, 15) is 9.59 Å². The first-order valence-electron chi connectivity index (χ1n) is 12.1. The van der Waals surface area contributed by atoms with Crippen LogP contribution in [0.5, 0.6) is 0 Å². The van der Waals surface area contributed by atoms with Gasteiger partial charge in [-0.05, 0) is 41.8 Å². The smallest absolute Gasteiger partial charge is 0.243 e. The summed E-state index contributed by atoms with van der Waals surface area (Å²) in [5.74, 6) is 0.484. The molecule has 3 aromatic carbocycles. The van der Waals surface area contributed by atoms with Gasteiger partial charge in [-0.1, -0.05) is 85.6 Å². The molecule has 0 saturated carbocycles. The molecule has 0 aromatic heterocycles. The fourth-order valence-corrected chi connectivity index (χ4v) is 4.88. The first-order valence-corrected chi connectivity index (χ1v) is 13.5. The van der Waals surface area contributed by atoms with E-state index in [1.54, 1.807) is 16.7 Å². The Kier molecular flexibility index (Phi) is 11.2. The van der Waals surface area contributed by atoms with Crippen molar-refractivity contribution < 1.29 is 9.59 Å². The molecule has 0 spiro atoms. The summed E-state index contributed by atoms with van der Waals surface area (Å²) >= 11 is 7.88. The Labute approximate surface area is 218 Å². The lowest BCUT2D eigenvalue weighted by atomic mass is 10.0. The summed E-state index contributed by atoms with van der Waals surface area (Å²) < 4.78 is 0. The van der Waals surface area contributed by atoms with Crippen LogP contribution in [0.15, 0.2) is 89.8 Å². The molecule has 0 unspecified atom stereocenters. The predicted octanol–water partition coefficient (Wildman–Crippen LogP) is 6.38. The van der Waals surface area contributed by atoms with Gasteiger partial charge >= 0.3 is 0 Å². The molecule has 3 aromatic rings. The van der Waals surface area contributed by atoms with Crippen LogP contribution in [-0.4, -0.2) is 35.1 Å². The number of carbonyl (C=O) groups excluding carboxylic acids is 2. The Morgan fingerprint density at radius 1 is 0.943 bits per heavy atom. The number of rotatable bonds is 13. The number of benzene rings is 3. The van der Waals surface area contributed by atoms with E-state index in [1.165, 1.54) is 0 Å². The zero-order valence-electron chi connectivity index (χ0n) is 20.2. The minimum absolute atomic E-state index is 0.0417. The number of nitrogens with one attached hydrogen (secondary N) is 1. The highest BCUT2D eigenvalue weighted by Gasteiger charge is 2.30. The standard InChI is InChI=1S/C29H33ClN2O2S/c1-2-3-18-31-29(34)27(21-23-11-6-4-7-12-23)32(22-24-13-10-14-25(30)20-24)28(33)17-19-35-26-15-8-5-9-16-26/h4-16,20,27H,2-3,17-19,21-22H2,1H3,(H,31,34)/t27-/m1/s1. The maximum Gasteiger partial charge on any atom is 0.243 e. The minimum Gasteiger partial charge on any atom is -0.354 e. The van der Waals surface area contributed by atoms with Gasteiger partial charge < -0.3 is 10.2 Å². The van der Waals surface area contributed by atoms with Gasteiger partial charge in [-0.15, -0.1) is 11.8 Å². The molecule has 0 aliphatic rings. The minimum atomic E-state index is -0.609. The van der Waals surface area contributed by atoms with E-state index >= 15 is 0 Å². The monoisotopic (exact) mass is 508 g/mol. The van der Waals surface area contributed by atoms with Crippen molar-refractivity contribution in [2.24, 2.45) is 0 Å². The quantitative estimate of drug-likeness (QED) is 0.215. The molecule has 0 heterocycles. The van der Waals surface area contributed by atoms with E-state index < -0.39 is 6.04 Å². The first kappa shape index (κ1) is 26.8. The van der Waals surface area contributed by atoms with Crippen molar-refractivity contribution in [3.05, 3.63) is 101 Å². The fraction of sp³-hybridized carbons (Fsp3) is 0.310. The van der Waals surface area contributed by atoms with Gasteiger partial charge in [0, 0.05) is 41.6 Å². The normalized spacial score (nSPS) is 11.6. The van der Waals surface area contributed by atoms with E-state index in [0.717, 1.165) is 28.9 Å². The second kappa shape index (κ2) is 14.6. The number of hydrogen-bond donors (Lipinski definition) is 1. The molecule has 0 aliphatic carbocycles. The van der Waals surface area contributed by atoms with Crippen molar-refractivity contribution in [2.45, 2.75) is 50.1 Å². The molecule has 2 amide bonds. The number of halogens is 1. The molecular formula is C29H33ClN2O2S. The summed E-state index contributed by atoms with van der Waals surface area (Å²) in [7, 11) is 0. The molecule has 35 heavy (non-hydrogen) atoms. The van der Waals surface area contributed by atoms with E-state index in [-0.39, 0.29) is 11.8 Å². The van der Waals surface area contributed by atoms with Gasteiger partial charge in [0.05, 0.1) is 0 Å². The van der Waals surface area contributed by atoms with Gasteiger partial charge in [0.25, 0.3) is 0 Å². The molecule has 1 N–H and O–H groups in total. The van der Waals surface area contributed by atoms with Gasteiger partial charge in [-0.2, -0.15) is 0 Å². The molecule has 0 bridgehead atoms. The average molecular weight is 509 g/mol. The third kappa shape index (κ3) is 9.08. The van der Waals surface area contributed by atoms with Gasteiger partial charge in [0.1, 0.15) is 6.04 Å². The van der Waals surface area contributed by atoms with Crippen molar-refractivity contribution in [3.63, 3.8) is 0 Å². The number of carbonyl (C=O) groups is 2. The zero-order chi connectivity index (χ0) is 24.9. The van der Waals surface area contributed by atoms with Crippen LogP contribution >= 0.6 is 23.4 Å². The fourth-order valence-electron chi connectivity index (χ4n) is 3.81. The zero-order valence-corrected chi connectivity index (χ0v) is 21.7. The predicted molar refractivity (Wildman–Crippen MR) is 146 cm³/mol. The first-order chi connectivity index (χ1) is 17.1. The van der Waals surface area contributed by atoms with Gasteiger partial charge in [-0.3, -0.25) is 9.59 Å². The summed E-state index contributed by atoms with van der Waals surface area (Å²) in [4.78, 5) is 29.8. The van der Waals surface area contributed by atoms with Crippen LogP contribution < -0.4 is 5.32 Å². The van der Waals surface area contributed by atoms with Crippen molar-refractivity contribution in [2.75, 3.05) is 12.3 Å². The molecule has 0 aliphatic heterocycles. The number of thioether (sulfide) groups is 1. The molecular weight excluding hydrogens is 476 g/mol. The van der Waals surface area contributed by atoms with Crippen molar-refractivity contribution >= 4 is 35.2 Å². The van der Waals surface area contributed by atoms with Crippen molar-refractivity contribution in [1.29, 1.82) is 0 Å². The summed E-state index contributed by atoms with van der Waals surface area (Å²) in [5.41, 5.74) is 1.92. The molecule has 6 heteroatoms. The average Bonchev–Trinajstić information content (AvgIpc) is 2.87. The highest BCUT2D eigenvalue weighted by Crippen LogP contribution is 2.21. The number of amides is 2. The largest absolute Gasteiger partial charge is 0.354 e. The lowest BCUT2D eigenvalue weighted by molar-refractivity contribution is -0.141. The summed E-state index contributed by atoms with van der Waals surface area (Å²) in [5, 5.41) is 3.67. The molecule has 4 nitrogen and oxygen atoms in total. The van der Waals surface area contributed by atoms with E-state index in [2.05, 4.69) is 12.2 Å². The van der Waals surface area contributed by atoms with Gasteiger partial charge in [-0.25, -0.2) is 0 Å². The van der Waals surface area contributed by atoms with Gasteiger partial charge in [0.15, 0.2) is 0 Å². The lowest BCUT2D eigenvalue weighted by Gasteiger charge is -2.31. The summed E-state index contributed by atoms with van der Waals surface area (Å²) in [6, 6.07) is 26.8. The van der Waals surface area contributed by atoms with Crippen LogP contribution in [0.4, 0.5) is 0 Å². The van der Waals surface area contributed by atoms with Crippen LogP contribution in [-0.2, 0) is 22.6 Å². The SMILES string of the molecule is CCCCNC(=O)[C@@H](Cc1ccccc1)N(Cc1cccc(Cl)c1)C(=O)CCSc1ccccc1. The number of unbranched alkanes of at least 4 members (excludes halogenated alkanes) is 1. The third-order valence-corrected chi connectivity index (χ3v) is 6.92. The maximum atomic E-state index is 13.6. The molecule has 3 rings (SSSR count). The Morgan fingerprint density at radius 2 is 1.63 bits per heavy atom. The van der Waals surface area contributed by atoms with Crippen LogP contribution in [0.2, 0.25) is 5.02 Å². The lowest BCUT2D eigenvalue weighted by Crippen LogP contribution is -2.50. The Balaban J connectivity index is 1.83. The highest BCUT2D eigenvalue weighted by molar-refractivity contribution is 7.99. The van der Waals surface area contributed by atoms with Crippen LogP contribution in [0.3, 0.4) is 0 Å². The highest BCUT2D eigenvalue weighted by atomic mass is 35.5. The van der Waals surface area contributed by atoms with E-state index in [0.29, 0.717) is 36.7 Å².